The Labute approximate surface area is 197 Å². The third-order valence-electron chi connectivity index (χ3n) is 4.97. The maximum absolute atomic E-state index is 14.1. The van der Waals surface area contributed by atoms with Crippen LogP contribution in [0.5, 0.6) is 11.5 Å². The number of aromatic carboxylic acids is 1. The number of hydrogen-bond acceptors (Lipinski definition) is 4. The number of carbonyl (C=O) groups excluding carboxylic acids is 1. The van der Waals surface area contributed by atoms with Crippen LogP contribution in [0.4, 0.5) is 18.9 Å². The molecule has 0 radical (unpaired) electrons. The number of carboxylic acids is 1. The fraction of sp³-hybridized carbons (Fsp3) is 0.0385. The Morgan fingerprint density at radius 2 is 1.49 bits per heavy atom. The van der Waals surface area contributed by atoms with Crippen LogP contribution in [-0.4, -0.2) is 28.3 Å². The van der Waals surface area contributed by atoms with Gasteiger partial charge < -0.3 is 9.84 Å². The molecule has 0 aliphatic rings. The molecule has 9 heteroatoms. The zero-order valence-electron chi connectivity index (χ0n) is 17.9. The Balaban J connectivity index is 1.83. The van der Waals surface area contributed by atoms with Gasteiger partial charge >= 0.3 is 12.3 Å². The quantitative estimate of drug-likeness (QED) is 0.324. The number of pyridine rings is 1. The molecule has 1 N–H and O–H groups in total. The number of hydrogen-bond donors (Lipinski definition) is 1. The number of benzene rings is 3. The van der Waals surface area contributed by atoms with Crippen molar-refractivity contribution >= 4 is 17.6 Å². The second kappa shape index (κ2) is 9.68. The first-order valence-corrected chi connectivity index (χ1v) is 10.3. The number of ether oxygens (including phenoxy) is 1. The van der Waals surface area contributed by atoms with Gasteiger partial charge in [0, 0.05) is 0 Å². The molecule has 35 heavy (non-hydrogen) atoms. The van der Waals surface area contributed by atoms with E-state index in [4.69, 9.17) is 9.84 Å². The molecule has 4 rings (SSSR count). The van der Waals surface area contributed by atoms with Gasteiger partial charge in [0.1, 0.15) is 17.2 Å². The third kappa shape index (κ3) is 5.30. The smallest absolute Gasteiger partial charge is 0.477 e. The zero-order valence-corrected chi connectivity index (χ0v) is 17.9. The molecule has 3 aromatic carbocycles. The molecule has 0 spiro atoms. The van der Waals surface area contributed by atoms with E-state index in [1.54, 1.807) is 66.7 Å². The maximum atomic E-state index is 14.1. The van der Waals surface area contributed by atoms with Crippen LogP contribution in [0.2, 0.25) is 0 Å². The summed E-state index contributed by atoms with van der Waals surface area (Å²) in [6, 6.07) is 23.4. The molecule has 0 saturated carbocycles. The summed E-state index contributed by atoms with van der Waals surface area (Å²) in [6.07, 6.45) is -4.44. The van der Waals surface area contributed by atoms with Crippen molar-refractivity contribution in [2.45, 2.75) is 6.30 Å². The monoisotopic (exact) mass is 478 g/mol. The molecule has 1 amide bonds. The highest BCUT2D eigenvalue weighted by Crippen LogP contribution is 2.35. The van der Waals surface area contributed by atoms with E-state index in [-0.39, 0.29) is 11.3 Å². The van der Waals surface area contributed by atoms with E-state index in [0.29, 0.717) is 23.1 Å². The van der Waals surface area contributed by atoms with Crippen LogP contribution in [0, 0.1) is 0 Å². The van der Waals surface area contributed by atoms with Crippen molar-refractivity contribution in [2.75, 3.05) is 4.90 Å². The van der Waals surface area contributed by atoms with Crippen molar-refractivity contribution in [1.29, 1.82) is 0 Å². The minimum Gasteiger partial charge on any atom is -0.477 e. The Kier molecular flexibility index (Phi) is 6.50. The van der Waals surface area contributed by atoms with Crippen LogP contribution < -0.4 is 9.64 Å². The molecule has 0 fully saturated rings. The number of amides is 1. The van der Waals surface area contributed by atoms with E-state index in [1.807, 2.05) is 0 Å². The van der Waals surface area contributed by atoms with Crippen LogP contribution in [0.3, 0.4) is 0 Å². The molecule has 0 aliphatic carbocycles. The van der Waals surface area contributed by atoms with Crippen molar-refractivity contribution in [3.05, 3.63) is 108 Å². The summed E-state index contributed by atoms with van der Waals surface area (Å²) in [7, 11) is 0. The summed E-state index contributed by atoms with van der Waals surface area (Å²) < 4.78 is 48.1. The number of para-hydroxylation sites is 1. The Morgan fingerprint density at radius 3 is 2.06 bits per heavy atom. The fourth-order valence-corrected chi connectivity index (χ4v) is 3.36. The number of alkyl halides is 3. The summed E-state index contributed by atoms with van der Waals surface area (Å²) in [5, 5.41) is 8.99. The number of aromatic nitrogens is 1. The first-order chi connectivity index (χ1) is 16.7. The Hall–Kier alpha value is -4.66. The lowest BCUT2D eigenvalue weighted by atomic mass is 10.0. The highest BCUT2D eigenvalue weighted by atomic mass is 19.4. The molecule has 6 nitrogen and oxygen atoms in total. The molecule has 0 aliphatic heterocycles. The average Bonchev–Trinajstić information content (AvgIpc) is 2.85. The van der Waals surface area contributed by atoms with Gasteiger partial charge in [0.05, 0.1) is 17.4 Å². The summed E-state index contributed by atoms with van der Waals surface area (Å²) >= 11 is 0. The highest BCUT2D eigenvalue weighted by molar-refractivity contribution is 6.09. The molecule has 176 valence electrons. The maximum Gasteiger partial charge on any atom is 0.491 e. The van der Waals surface area contributed by atoms with Gasteiger partial charge in [-0.05, 0) is 47.5 Å². The summed E-state index contributed by atoms with van der Waals surface area (Å²) in [5.41, 5.74) is -0.227. The summed E-state index contributed by atoms with van der Waals surface area (Å²) in [6.45, 7) is 0. The molecule has 0 unspecified atom stereocenters. The van der Waals surface area contributed by atoms with Crippen molar-refractivity contribution in [1.82, 2.24) is 4.98 Å². The van der Waals surface area contributed by atoms with Crippen LogP contribution in [0.1, 0.15) is 20.8 Å². The van der Waals surface area contributed by atoms with Crippen molar-refractivity contribution < 1.29 is 32.6 Å². The van der Waals surface area contributed by atoms with Gasteiger partial charge in [0.15, 0.2) is 0 Å². The second-order valence-electron chi connectivity index (χ2n) is 7.31. The first kappa shape index (κ1) is 23.5. The third-order valence-corrected chi connectivity index (χ3v) is 4.97. The number of carboxylic acid groups (broad SMARTS) is 1. The Bertz CT molecular complexity index is 1340. The lowest BCUT2D eigenvalue weighted by molar-refractivity contribution is -0.122. The lowest BCUT2D eigenvalue weighted by Gasteiger charge is -2.26. The van der Waals surface area contributed by atoms with Crippen molar-refractivity contribution in [2.24, 2.45) is 0 Å². The molecule has 0 atom stereocenters. The van der Waals surface area contributed by atoms with Gasteiger partial charge in [-0.3, -0.25) is 4.79 Å². The van der Waals surface area contributed by atoms with Crippen molar-refractivity contribution in [3.63, 3.8) is 0 Å². The number of halogens is 3. The fourth-order valence-electron chi connectivity index (χ4n) is 3.36. The number of rotatable bonds is 6. The summed E-state index contributed by atoms with van der Waals surface area (Å²) in [5.74, 6) is -2.56. The van der Waals surface area contributed by atoms with Gasteiger partial charge in [-0.15, -0.1) is 13.2 Å². The summed E-state index contributed by atoms with van der Waals surface area (Å²) in [4.78, 5) is 27.6. The largest absolute Gasteiger partial charge is 0.491 e. The van der Waals surface area contributed by atoms with E-state index in [9.17, 15) is 22.8 Å². The van der Waals surface area contributed by atoms with E-state index in [0.717, 1.165) is 12.1 Å². The van der Waals surface area contributed by atoms with E-state index < -0.39 is 34.5 Å². The van der Waals surface area contributed by atoms with Crippen LogP contribution in [0.25, 0.3) is 11.1 Å². The molecule has 1 aromatic heterocycles. The number of carbonyl (C=O) groups is 2. The topological polar surface area (TPSA) is 79.7 Å². The molecule has 0 bridgehead atoms. The van der Waals surface area contributed by atoms with Crippen LogP contribution in [-0.2, 0) is 0 Å². The minimum atomic E-state index is -5.13. The predicted molar refractivity (Wildman–Crippen MR) is 122 cm³/mol. The van der Waals surface area contributed by atoms with Gasteiger partial charge in [0.25, 0.3) is 5.91 Å². The average molecular weight is 478 g/mol. The zero-order chi connectivity index (χ0) is 25.0. The second-order valence-corrected chi connectivity index (χ2v) is 7.31. The van der Waals surface area contributed by atoms with Gasteiger partial charge in [-0.1, -0.05) is 54.6 Å². The molecule has 0 saturated heterocycles. The molecule has 4 aromatic rings. The number of anilines is 1. The van der Waals surface area contributed by atoms with Gasteiger partial charge in [-0.25, -0.2) is 14.7 Å². The SMILES string of the molecule is O=C(O)c1ccc(N(C(=O)c2cc(-c3ccccc3)ccc2Oc2ccccc2)C(F)(F)F)cn1. The predicted octanol–water partition coefficient (Wildman–Crippen LogP) is 6.41. The molecule has 1 heterocycles. The van der Waals surface area contributed by atoms with Crippen LogP contribution >= 0.6 is 0 Å². The van der Waals surface area contributed by atoms with E-state index in [1.165, 1.54) is 12.1 Å². The standard InChI is InChI=1S/C26H17F3N2O4/c27-26(28,29)31(19-12-13-22(25(33)34)30-16-19)24(32)21-15-18(17-7-3-1-4-8-17)11-14-23(21)35-20-9-5-2-6-10-20/h1-16H,(H,33,34). The minimum absolute atomic E-state index is 0.0785. The normalized spacial score (nSPS) is 11.1. The lowest BCUT2D eigenvalue weighted by Crippen LogP contribution is -2.43. The van der Waals surface area contributed by atoms with Gasteiger partial charge in [-0.2, -0.15) is 0 Å². The number of nitrogens with zero attached hydrogens (tertiary/aromatic N) is 2. The van der Waals surface area contributed by atoms with Crippen LogP contribution in [0.15, 0.2) is 97.2 Å². The van der Waals surface area contributed by atoms with Crippen molar-refractivity contribution in [3.8, 4) is 22.6 Å². The van der Waals surface area contributed by atoms with Gasteiger partial charge in [0.2, 0.25) is 0 Å². The van der Waals surface area contributed by atoms with E-state index >= 15 is 0 Å². The molecular formula is C26H17F3N2O4. The highest BCUT2D eigenvalue weighted by Gasteiger charge is 2.44. The first-order valence-electron chi connectivity index (χ1n) is 10.3. The molecular weight excluding hydrogens is 461 g/mol. The Morgan fingerprint density at radius 1 is 0.829 bits per heavy atom. The van der Waals surface area contributed by atoms with E-state index in [2.05, 4.69) is 4.98 Å².